The first-order valence-corrected chi connectivity index (χ1v) is 7.81. The summed E-state index contributed by atoms with van der Waals surface area (Å²) in [5.41, 5.74) is 5.34. The molecule has 0 radical (unpaired) electrons. The fraction of sp³-hybridized carbons (Fsp3) is 0.143. The summed E-state index contributed by atoms with van der Waals surface area (Å²) in [4.78, 5) is 2.44. The number of hydrogen-bond acceptors (Lipinski definition) is 1. The summed E-state index contributed by atoms with van der Waals surface area (Å²) < 4.78 is 0.115. The van der Waals surface area contributed by atoms with Crippen LogP contribution in [0.5, 0.6) is 0 Å². The Morgan fingerprint density at radius 3 is 2.25 bits per heavy atom. The van der Waals surface area contributed by atoms with Gasteiger partial charge in [-0.1, -0.05) is 0 Å². The first-order valence-electron chi connectivity index (χ1n) is 5.50. The number of hydrogen-bond donors (Lipinski definition) is 0. The Bertz CT molecular complexity index is 567. The van der Waals surface area contributed by atoms with Crippen LogP contribution in [-0.2, 0) is 24.7 Å². The number of anilines is 1. The number of rotatable bonds is 1. The van der Waals surface area contributed by atoms with Crippen molar-refractivity contribution in [3.63, 3.8) is 0 Å². The predicted octanol–water partition coefficient (Wildman–Crippen LogP) is -5.08. The van der Waals surface area contributed by atoms with Crippen molar-refractivity contribution in [3.8, 4) is 0 Å². The minimum Gasteiger partial charge on any atom is -1.00 e. The molecule has 0 bridgehead atoms. The van der Waals surface area contributed by atoms with Crippen molar-refractivity contribution in [2.45, 2.75) is 8.18 Å². The van der Waals surface area contributed by atoms with Crippen LogP contribution in [0.25, 0.3) is 0 Å². The maximum atomic E-state index is 2.55. The van der Waals surface area contributed by atoms with E-state index in [1.54, 1.807) is 0 Å². The van der Waals surface area contributed by atoms with Crippen LogP contribution < -0.4 is 42.1 Å². The topological polar surface area (TPSA) is 3.24 Å². The van der Waals surface area contributed by atoms with E-state index in [-0.39, 0.29) is 38.5 Å². The van der Waals surface area contributed by atoms with Gasteiger partial charge in [0.25, 0.3) is 0 Å². The van der Waals surface area contributed by atoms with Crippen molar-refractivity contribution in [1.29, 1.82) is 0 Å². The molecule has 104 valence electrons. The molecule has 20 heavy (non-hydrogen) atoms. The summed E-state index contributed by atoms with van der Waals surface area (Å²) in [5, 5.41) is 0. The Balaban J connectivity index is 0.00000120. The van der Waals surface area contributed by atoms with Crippen molar-refractivity contribution < 1.29 is 61.9 Å². The molecule has 1 aromatic carbocycles. The van der Waals surface area contributed by atoms with E-state index >= 15 is 0 Å². The summed E-state index contributed by atoms with van der Waals surface area (Å²) in [6, 6.07) is 10.6. The van der Waals surface area contributed by atoms with Crippen molar-refractivity contribution in [2.75, 3.05) is 4.90 Å². The molecule has 0 amide bonds. The molecular formula is C14H11Cl3INZr. The van der Waals surface area contributed by atoms with Crippen molar-refractivity contribution in [2.24, 2.45) is 0 Å². The monoisotopic (exact) mass is 515 g/mol. The molecule has 1 heterocycles. The predicted molar refractivity (Wildman–Crippen MR) is 75.6 cm³/mol. The smallest absolute Gasteiger partial charge is 1.00 e. The van der Waals surface area contributed by atoms with E-state index < -0.39 is 0 Å². The van der Waals surface area contributed by atoms with E-state index in [1.165, 1.54) is 47.2 Å². The third-order valence-corrected chi connectivity index (χ3v) is 4.67. The molecule has 1 aliphatic carbocycles. The maximum Gasteiger partial charge on any atom is -1.00 e. The standard InChI is InChI=1S/C14H11IN.3ClH.Zr/c1-10-7-11-9-14(15)16(13(11)8-10)12-5-3-2-4-6-12;;;;/h2-9H,1H3;3*1H;/q;;;;+3/p-3. The molecule has 3 rings (SSSR count). The minimum atomic E-state index is 0. The molecule has 1 aromatic rings. The van der Waals surface area contributed by atoms with Gasteiger partial charge in [-0.2, -0.15) is 0 Å². The zero-order chi connectivity index (χ0) is 12.0. The zero-order valence-corrected chi connectivity index (χ0v) is 17.5. The fourth-order valence-corrected chi connectivity index (χ4v) is 4.19. The molecule has 1 unspecified atom stereocenters. The molecule has 1 nitrogen and oxygen atoms in total. The summed E-state index contributed by atoms with van der Waals surface area (Å²) in [5.74, 6) is 0. The van der Waals surface area contributed by atoms with Gasteiger partial charge in [0, 0.05) is 0 Å². The Morgan fingerprint density at radius 1 is 1.05 bits per heavy atom. The van der Waals surface area contributed by atoms with E-state index in [0.717, 1.165) is 0 Å². The number of para-hydroxylation sites is 1. The van der Waals surface area contributed by atoms with Gasteiger partial charge in [0.1, 0.15) is 0 Å². The molecule has 0 N–H and O–H groups in total. The average molecular weight is 518 g/mol. The van der Waals surface area contributed by atoms with E-state index in [9.17, 15) is 0 Å². The largest absolute Gasteiger partial charge is 1.00 e. The van der Waals surface area contributed by atoms with Gasteiger partial charge in [0.05, 0.1) is 0 Å². The Labute approximate surface area is 167 Å². The Morgan fingerprint density at radius 2 is 1.65 bits per heavy atom. The number of halogens is 4. The van der Waals surface area contributed by atoms with Gasteiger partial charge >= 0.3 is 131 Å². The van der Waals surface area contributed by atoms with E-state index in [4.69, 9.17) is 0 Å². The molecule has 0 saturated carbocycles. The molecule has 0 aromatic heterocycles. The van der Waals surface area contributed by atoms with Crippen LogP contribution in [0.3, 0.4) is 0 Å². The van der Waals surface area contributed by atoms with Gasteiger partial charge in [0.2, 0.25) is 0 Å². The fourth-order valence-electron chi connectivity index (χ4n) is 2.32. The number of benzene rings is 1. The van der Waals surface area contributed by atoms with Crippen LogP contribution in [-0.4, -0.2) is 1.25 Å². The summed E-state index contributed by atoms with van der Waals surface area (Å²) in [7, 11) is 0. The SMILES string of the molecule is CC1=CC2=C[C]([Zr+3])(I)N(c3ccccc3)C2=C1.[Cl-].[Cl-].[Cl-]. The van der Waals surface area contributed by atoms with Crippen LogP contribution in [0.1, 0.15) is 6.92 Å². The van der Waals surface area contributed by atoms with E-state index in [2.05, 4.69) is 83.0 Å². The quantitative estimate of drug-likeness (QED) is 0.205. The third-order valence-electron chi connectivity index (χ3n) is 2.97. The molecular weight excluding hydrogens is 507 g/mol. The second-order valence-electron chi connectivity index (χ2n) is 4.36. The molecule has 6 heteroatoms. The normalized spacial score (nSPS) is 22.6. The van der Waals surface area contributed by atoms with Crippen molar-refractivity contribution >= 4 is 28.3 Å². The van der Waals surface area contributed by atoms with Gasteiger partial charge in [-0.15, -0.1) is 0 Å². The van der Waals surface area contributed by atoms with E-state index in [0.29, 0.717) is 0 Å². The molecule has 0 fully saturated rings. The number of allylic oxidation sites excluding steroid dienone is 3. The van der Waals surface area contributed by atoms with Crippen molar-refractivity contribution in [3.05, 3.63) is 65.4 Å². The van der Waals surface area contributed by atoms with Crippen LogP contribution in [0.2, 0.25) is 0 Å². The Hall–Kier alpha value is 0.723. The molecule has 0 saturated heterocycles. The number of nitrogens with zero attached hydrogens (tertiary/aromatic N) is 1. The summed E-state index contributed by atoms with van der Waals surface area (Å²) >= 11 is 4.05. The molecule has 1 atom stereocenters. The van der Waals surface area contributed by atoms with Crippen LogP contribution in [0.4, 0.5) is 5.69 Å². The van der Waals surface area contributed by atoms with Crippen LogP contribution >= 0.6 is 22.6 Å². The molecule has 0 spiro atoms. The Kier molecular flexibility index (Phi) is 8.11. The average Bonchev–Trinajstić information content (AvgIpc) is 2.70. The second-order valence-corrected chi connectivity index (χ2v) is 10.4. The third kappa shape index (κ3) is 3.73. The molecule has 2 aliphatic rings. The van der Waals surface area contributed by atoms with E-state index in [1.807, 2.05) is 0 Å². The van der Waals surface area contributed by atoms with Crippen LogP contribution in [0, 0.1) is 0 Å². The van der Waals surface area contributed by atoms with Gasteiger partial charge in [0.15, 0.2) is 0 Å². The van der Waals surface area contributed by atoms with Gasteiger partial charge < -0.3 is 37.2 Å². The van der Waals surface area contributed by atoms with Gasteiger partial charge in [-0.05, 0) is 0 Å². The van der Waals surface area contributed by atoms with Gasteiger partial charge in [-0.25, -0.2) is 0 Å². The minimum absolute atomic E-state index is 0. The maximum absolute atomic E-state index is 2.55. The number of fused-ring (bicyclic) bond motifs is 1. The first-order chi connectivity index (χ1) is 8.08. The molecule has 1 aliphatic heterocycles. The first kappa shape index (κ1) is 20.7. The van der Waals surface area contributed by atoms with Crippen molar-refractivity contribution in [1.82, 2.24) is 0 Å². The number of alkyl halides is 1. The van der Waals surface area contributed by atoms with Gasteiger partial charge in [-0.3, -0.25) is 0 Å². The summed E-state index contributed by atoms with van der Waals surface area (Å²) in [6.07, 6.45) is 6.93. The summed E-state index contributed by atoms with van der Waals surface area (Å²) in [6.45, 7) is 2.16. The second kappa shape index (κ2) is 7.83. The zero-order valence-electron chi connectivity index (χ0n) is 10.6. The van der Waals surface area contributed by atoms with Crippen LogP contribution in [0.15, 0.2) is 65.4 Å².